The Balaban J connectivity index is 3.13. The monoisotopic (exact) mass is 216 g/mol. The molecule has 0 radical (unpaired) electrons. The van der Waals surface area contributed by atoms with E-state index < -0.39 is 17.5 Å². The standard InChI is InChI=1S/C12H15F3/c1-4-7(2)8(3)12-10(14)5-9(13)6-11(12)15/h5-8H,4H2,1-3H3. The molecule has 0 bridgehead atoms. The van der Waals surface area contributed by atoms with Crippen molar-refractivity contribution in [1.82, 2.24) is 0 Å². The Morgan fingerprint density at radius 2 is 1.53 bits per heavy atom. The highest BCUT2D eigenvalue weighted by Crippen LogP contribution is 2.30. The summed E-state index contributed by atoms with van der Waals surface area (Å²) in [5, 5.41) is 0. The fourth-order valence-electron chi connectivity index (χ4n) is 1.63. The van der Waals surface area contributed by atoms with Crippen molar-refractivity contribution in [3.8, 4) is 0 Å². The van der Waals surface area contributed by atoms with Gasteiger partial charge in [0.05, 0.1) is 0 Å². The highest BCUT2D eigenvalue weighted by atomic mass is 19.1. The molecule has 3 heteroatoms. The van der Waals surface area contributed by atoms with Crippen molar-refractivity contribution in [1.29, 1.82) is 0 Å². The zero-order valence-corrected chi connectivity index (χ0v) is 9.15. The molecule has 0 spiro atoms. The summed E-state index contributed by atoms with van der Waals surface area (Å²) in [6, 6.07) is 1.47. The normalized spacial score (nSPS) is 15.1. The minimum Gasteiger partial charge on any atom is -0.207 e. The van der Waals surface area contributed by atoms with Crippen molar-refractivity contribution >= 4 is 0 Å². The molecule has 0 amide bonds. The van der Waals surface area contributed by atoms with Crippen LogP contribution < -0.4 is 0 Å². The van der Waals surface area contributed by atoms with Crippen molar-refractivity contribution < 1.29 is 13.2 Å². The van der Waals surface area contributed by atoms with Gasteiger partial charge in [-0.2, -0.15) is 0 Å². The van der Waals surface area contributed by atoms with Gasteiger partial charge in [-0.15, -0.1) is 0 Å². The molecule has 2 atom stereocenters. The molecule has 0 aromatic heterocycles. The Kier molecular flexibility index (Phi) is 3.77. The van der Waals surface area contributed by atoms with Gasteiger partial charge in [0.25, 0.3) is 0 Å². The maximum absolute atomic E-state index is 13.4. The van der Waals surface area contributed by atoms with Crippen LogP contribution in [0.2, 0.25) is 0 Å². The molecule has 84 valence electrons. The Bertz CT molecular complexity index is 324. The average Bonchev–Trinajstić information content (AvgIpc) is 2.14. The topological polar surface area (TPSA) is 0 Å². The minimum atomic E-state index is -0.870. The van der Waals surface area contributed by atoms with Crippen LogP contribution in [0.5, 0.6) is 0 Å². The van der Waals surface area contributed by atoms with Crippen LogP contribution in [0, 0.1) is 23.4 Å². The van der Waals surface area contributed by atoms with Crippen LogP contribution in [-0.2, 0) is 0 Å². The predicted octanol–water partition coefficient (Wildman–Crippen LogP) is 4.25. The quantitative estimate of drug-likeness (QED) is 0.708. The molecule has 0 saturated carbocycles. The van der Waals surface area contributed by atoms with Crippen molar-refractivity contribution in [3.63, 3.8) is 0 Å². The lowest BCUT2D eigenvalue weighted by Gasteiger charge is -2.19. The third kappa shape index (κ3) is 2.52. The molecule has 0 fully saturated rings. The molecule has 15 heavy (non-hydrogen) atoms. The van der Waals surface area contributed by atoms with Crippen LogP contribution in [-0.4, -0.2) is 0 Å². The van der Waals surface area contributed by atoms with Crippen molar-refractivity contribution in [2.45, 2.75) is 33.1 Å². The van der Waals surface area contributed by atoms with E-state index in [2.05, 4.69) is 0 Å². The fourth-order valence-corrected chi connectivity index (χ4v) is 1.63. The number of hydrogen-bond acceptors (Lipinski definition) is 0. The first kappa shape index (κ1) is 12.1. The molecular formula is C12H15F3. The molecular weight excluding hydrogens is 201 g/mol. The molecule has 1 rings (SSSR count). The van der Waals surface area contributed by atoms with E-state index in [0.29, 0.717) is 0 Å². The van der Waals surface area contributed by atoms with E-state index in [9.17, 15) is 13.2 Å². The zero-order chi connectivity index (χ0) is 11.6. The van der Waals surface area contributed by atoms with E-state index in [4.69, 9.17) is 0 Å². The maximum Gasteiger partial charge on any atom is 0.132 e. The first-order valence-corrected chi connectivity index (χ1v) is 5.11. The van der Waals surface area contributed by atoms with E-state index in [0.717, 1.165) is 18.6 Å². The van der Waals surface area contributed by atoms with Gasteiger partial charge >= 0.3 is 0 Å². The highest BCUT2D eigenvalue weighted by molar-refractivity contribution is 5.24. The highest BCUT2D eigenvalue weighted by Gasteiger charge is 2.21. The van der Waals surface area contributed by atoms with Crippen LogP contribution >= 0.6 is 0 Å². The van der Waals surface area contributed by atoms with E-state index in [1.54, 1.807) is 6.92 Å². The van der Waals surface area contributed by atoms with Crippen LogP contribution in [0.4, 0.5) is 13.2 Å². The molecule has 0 nitrogen and oxygen atoms in total. The summed E-state index contributed by atoms with van der Waals surface area (Å²) in [6.07, 6.45) is 0.831. The van der Waals surface area contributed by atoms with Crippen LogP contribution in [0.1, 0.15) is 38.7 Å². The molecule has 1 aromatic rings. The summed E-state index contributed by atoms with van der Waals surface area (Å²) in [4.78, 5) is 0. The van der Waals surface area contributed by atoms with Gasteiger partial charge in [0.2, 0.25) is 0 Å². The summed E-state index contributed by atoms with van der Waals surface area (Å²) in [5.74, 6) is -2.53. The van der Waals surface area contributed by atoms with Gasteiger partial charge in [0.1, 0.15) is 17.5 Å². The fraction of sp³-hybridized carbons (Fsp3) is 0.500. The summed E-state index contributed by atoms with van der Waals surface area (Å²) < 4.78 is 39.4. The van der Waals surface area contributed by atoms with Crippen molar-refractivity contribution in [3.05, 3.63) is 35.1 Å². The predicted molar refractivity (Wildman–Crippen MR) is 54.2 cm³/mol. The van der Waals surface area contributed by atoms with Gasteiger partial charge < -0.3 is 0 Å². The molecule has 1 aromatic carbocycles. The number of rotatable bonds is 3. The van der Waals surface area contributed by atoms with Gasteiger partial charge in [-0.3, -0.25) is 0 Å². The Morgan fingerprint density at radius 1 is 1.07 bits per heavy atom. The summed E-state index contributed by atoms with van der Waals surface area (Å²) in [7, 11) is 0. The van der Waals surface area contributed by atoms with Gasteiger partial charge in [-0.1, -0.05) is 27.2 Å². The maximum atomic E-state index is 13.4. The minimum absolute atomic E-state index is 0.00856. The lowest BCUT2D eigenvalue weighted by Crippen LogP contribution is -2.10. The summed E-state index contributed by atoms with van der Waals surface area (Å²) >= 11 is 0. The Labute approximate surface area is 88.1 Å². The lowest BCUT2D eigenvalue weighted by atomic mass is 9.86. The lowest BCUT2D eigenvalue weighted by molar-refractivity contribution is 0.427. The number of benzene rings is 1. The van der Waals surface area contributed by atoms with Crippen LogP contribution in [0.15, 0.2) is 12.1 Å². The second-order valence-electron chi connectivity index (χ2n) is 3.96. The van der Waals surface area contributed by atoms with Gasteiger partial charge in [-0.25, -0.2) is 13.2 Å². The van der Waals surface area contributed by atoms with Crippen molar-refractivity contribution in [2.75, 3.05) is 0 Å². The Morgan fingerprint density at radius 3 is 1.93 bits per heavy atom. The first-order chi connectivity index (χ1) is 6.97. The number of halogens is 3. The van der Waals surface area contributed by atoms with Crippen LogP contribution in [0.25, 0.3) is 0 Å². The second kappa shape index (κ2) is 4.69. The third-order valence-electron chi connectivity index (χ3n) is 3.00. The van der Waals surface area contributed by atoms with Crippen LogP contribution in [0.3, 0.4) is 0 Å². The second-order valence-corrected chi connectivity index (χ2v) is 3.96. The molecule has 0 aliphatic rings. The molecule has 0 N–H and O–H groups in total. The van der Waals surface area contributed by atoms with Gasteiger partial charge in [0, 0.05) is 17.7 Å². The Hall–Kier alpha value is -0.990. The molecule has 0 saturated heterocycles. The summed E-state index contributed by atoms with van der Waals surface area (Å²) in [6.45, 7) is 5.64. The van der Waals surface area contributed by atoms with Crippen molar-refractivity contribution in [2.24, 2.45) is 5.92 Å². The molecule has 0 aliphatic carbocycles. The van der Waals surface area contributed by atoms with E-state index in [1.165, 1.54) is 0 Å². The molecule has 0 heterocycles. The number of hydrogen-bond donors (Lipinski definition) is 0. The third-order valence-corrected chi connectivity index (χ3v) is 3.00. The summed E-state index contributed by atoms with van der Waals surface area (Å²) in [5.41, 5.74) is -0.00856. The zero-order valence-electron chi connectivity index (χ0n) is 9.15. The largest absolute Gasteiger partial charge is 0.207 e. The van der Waals surface area contributed by atoms with E-state index in [1.807, 2.05) is 13.8 Å². The van der Waals surface area contributed by atoms with Gasteiger partial charge in [0.15, 0.2) is 0 Å². The molecule has 0 aliphatic heterocycles. The van der Waals surface area contributed by atoms with E-state index in [-0.39, 0.29) is 17.4 Å². The SMILES string of the molecule is CCC(C)C(C)c1c(F)cc(F)cc1F. The van der Waals surface area contributed by atoms with E-state index >= 15 is 0 Å². The first-order valence-electron chi connectivity index (χ1n) is 5.11. The van der Waals surface area contributed by atoms with Gasteiger partial charge in [-0.05, 0) is 11.8 Å². The smallest absolute Gasteiger partial charge is 0.132 e. The average molecular weight is 216 g/mol. The molecule has 2 unspecified atom stereocenters.